The smallest absolute Gasteiger partial charge is 0.215 e. The fourth-order valence-electron chi connectivity index (χ4n) is 2.33. The summed E-state index contributed by atoms with van der Waals surface area (Å²) in [6.07, 6.45) is 0. The zero-order valence-corrected chi connectivity index (χ0v) is 19.1. The Morgan fingerprint density at radius 3 is 2.46 bits per heavy atom. The lowest BCUT2D eigenvalue weighted by atomic mass is 10.2. The highest BCUT2D eigenvalue weighted by atomic mass is 127. The molecule has 0 saturated heterocycles. The van der Waals surface area contributed by atoms with Gasteiger partial charge in [-0.15, -0.1) is 24.0 Å². The van der Waals surface area contributed by atoms with E-state index in [9.17, 15) is 8.42 Å². The molecule has 0 aliphatic rings. The van der Waals surface area contributed by atoms with Crippen LogP contribution in [0.15, 0.2) is 29.3 Å². The quantitative estimate of drug-likeness (QED) is 0.293. The number of methoxy groups -OCH3 is 1. The predicted octanol–water partition coefficient (Wildman–Crippen LogP) is 2.04. The molecule has 0 aliphatic heterocycles. The molecule has 1 rings (SSSR count). The Morgan fingerprint density at radius 1 is 1.19 bits per heavy atom. The maximum absolute atomic E-state index is 12.2. The van der Waals surface area contributed by atoms with Crippen LogP contribution in [0.1, 0.15) is 26.3 Å². The topological polar surface area (TPSA) is 83.0 Å². The van der Waals surface area contributed by atoms with Gasteiger partial charge in [-0.2, -0.15) is 0 Å². The second-order valence-electron chi connectivity index (χ2n) is 5.37. The van der Waals surface area contributed by atoms with Crippen molar-refractivity contribution < 1.29 is 13.2 Å². The molecule has 0 spiro atoms. The Morgan fingerprint density at radius 2 is 1.88 bits per heavy atom. The highest BCUT2D eigenvalue weighted by Crippen LogP contribution is 2.13. The summed E-state index contributed by atoms with van der Waals surface area (Å²) < 4.78 is 31.1. The number of rotatable bonds is 10. The first-order chi connectivity index (χ1) is 12.0. The standard InChI is InChI=1S/C17H30N4O3S.HI/c1-5-18-17(19-11-12-25(22,23)21(6-2)7-3)20-14-15-9-8-10-16(13-15)24-4;/h8-10,13H,5-7,11-12,14H2,1-4H3,(H2,18,19,20);1H. The molecule has 1 aromatic rings. The number of guanidine groups is 1. The van der Waals surface area contributed by atoms with Crippen molar-refractivity contribution in [1.82, 2.24) is 14.9 Å². The van der Waals surface area contributed by atoms with Gasteiger partial charge in [-0.1, -0.05) is 26.0 Å². The van der Waals surface area contributed by atoms with E-state index in [2.05, 4.69) is 15.6 Å². The monoisotopic (exact) mass is 498 g/mol. The van der Waals surface area contributed by atoms with Gasteiger partial charge >= 0.3 is 0 Å². The molecule has 150 valence electrons. The first kappa shape index (κ1) is 24.9. The van der Waals surface area contributed by atoms with E-state index in [0.29, 0.717) is 38.7 Å². The molecule has 0 saturated carbocycles. The van der Waals surface area contributed by atoms with Gasteiger partial charge in [-0.3, -0.25) is 0 Å². The van der Waals surface area contributed by atoms with Crippen LogP contribution in [0.2, 0.25) is 0 Å². The van der Waals surface area contributed by atoms with Gasteiger partial charge in [0.1, 0.15) is 5.75 Å². The summed E-state index contributed by atoms with van der Waals surface area (Å²) in [6, 6.07) is 7.70. The van der Waals surface area contributed by atoms with Gasteiger partial charge in [0.05, 0.1) is 19.4 Å². The van der Waals surface area contributed by atoms with Gasteiger partial charge in [0.2, 0.25) is 10.0 Å². The molecular weight excluding hydrogens is 467 g/mol. The molecule has 0 fully saturated rings. The Balaban J connectivity index is 0.00000625. The number of hydrogen-bond donors (Lipinski definition) is 2. The lowest BCUT2D eigenvalue weighted by Crippen LogP contribution is -2.42. The molecule has 0 atom stereocenters. The summed E-state index contributed by atoms with van der Waals surface area (Å²) in [5, 5.41) is 6.20. The summed E-state index contributed by atoms with van der Waals surface area (Å²) >= 11 is 0. The van der Waals surface area contributed by atoms with Gasteiger partial charge in [0.15, 0.2) is 5.96 Å². The first-order valence-electron chi connectivity index (χ1n) is 8.59. The van der Waals surface area contributed by atoms with Crippen LogP contribution < -0.4 is 15.4 Å². The average Bonchev–Trinajstić information content (AvgIpc) is 2.60. The molecule has 0 heterocycles. The van der Waals surface area contributed by atoms with Crippen molar-refractivity contribution in [1.29, 1.82) is 0 Å². The third-order valence-corrected chi connectivity index (χ3v) is 5.67. The van der Waals surface area contributed by atoms with Crippen LogP contribution in [0.25, 0.3) is 0 Å². The van der Waals surface area contributed by atoms with E-state index in [0.717, 1.165) is 11.3 Å². The molecule has 7 nitrogen and oxygen atoms in total. The number of nitrogens with zero attached hydrogens (tertiary/aromatic N) is 2. The second kappa shape index (κ2) is 13.2. The van der Waals surface area contributed by atoms with Crippen molar-refractivity contribution in [2.45, 2.75) is 27.3 Å². The van der Waals surface area contributed by atoms with E-state index in [-0.39, 0.29) is 29.7 Å². The van der Waals surface area contributed by atoms with Gasteiger partial charge in [0, 0.05) is 26.2 Å². The van der Waals surface area contributed by atoms with Crippen molar-refractivity contribution in [3.8, 4) is 5.75 Å². The number of hydrogen-bond acceptors (Lipinski definition) is 4. The van der Waals surface area contributed by atoms with Crippen LogP contribution in [0.3, 0.4) is 0 Å². The second-order valence-corrected chi connectivity index (χ2v) is 7.46. The van der Waals surface area contributed by atoms with Gasteiger partial charge in [-0.05, 0) is 24.6 Å². The Kier molecular flexibility index (Phi) is 12.6. The van der Waals surface area contributed by atoms with E-state index < -0.39 is 10.0 Å². The molecule has 0 radical (unpaired) electrons. The van der Waals surface area contributed by atoms with E-state index in [1.807, 2.05) is 45.0 Å². The number of aliphatic imine (C=N–C) groups is 1. The zero-order valence-electron chi connectivity index (χ0n) is 16.0. The largest absolute Gasteiger partial charge is 0.497 e. The third-order valence-electron chi connectivity index (χ3n) is 3.65. The Hall–Kier alpha value is -1.07. The molecule has 2 N–H and O–H groups in total. The molecule has 26 heavy (non-hydrogen) atoms. The summed E-state index contributed by atoms with van der Waals surface area (Å²) in [5.74, 6) is 1.43. The minimum Gasteiger partial charge on any atom is -0.497 e. The van der Waals surface area contributed by atoms with Gasteiger partial charge in [-0.25, -0.2) is 17.7 Å². The van der Waals surface area contributed by atoms with Crippen LogP contribution >= 0.6 is 24.0 Å². The van der Waals surface area contributed by atoms with E-state index in [1.54, 1.807) is 7.11 Å². The first-order valence-corrected chi connectivity index (χ1v) is 10.2. The predicted molar refractivity (Wildman–Crippen MR) is 118 cm³/mol. The lowest BCUT2D eigenvalue weighted by molar-refractivity contribution is 0.414. The molecule has 9 heteroatoms. The number of ether oxygens (including phenoxy) is 1. The third kappa shape index (κ3) is 8.54. The van der Waals surface area contributed by atoms with Gasteiger partial charge in [0.25, 0.3) is 0 Å². The molecular formula is C17H31IN4O3S. The fourth-order valence-corrected chi connectivity index (χ4v) is 3.73. The summed E-state index contributed by atoms with van der Waals surface area (Å²) in [6.45, 7) is 8.12. The maximum atomic E-state index is 12.2. The summed E-state index contributed by atoms with van der Waals surface area (Å²) in [4.78, 5) is 4.49. The number of sulfonamides is 1. The number of benzene rings is 1. The number of nitrogens with one attached hydrogen (secondary N) is 2. The minimum atomic E-state index is -3.24. The van der Waals surface area contributed by atoms with Crippen LogP contribution in [-0.2, 0) is 16.6 Å². The van der Waals surface area contributed by atoms with E-state index in [4.69, 9.17) is 4.74 Å². The molecule has 0 unspecified atom stereocenters. The molecule has 0 amide bonds. The van der Waals surface area contributed by atoms with Crippen LogP contribution in [0.4, 0.5) is 0 Å². The zero-order chi connectivity index (χ0) is 18.7. The van der Waals surface area contributed by atoms with E-state index in [1.165, 1.54) is 4.31 Å². The van der Waals surface area contributed by atoms with Crippen LogP contribution in [0.5, 0.6) is 5.75 Å². The SMILES string of the molecule is CCNC(=NCc1cccc(OC)c1)NCCS(=O)(=O)N(CC)CC.I. The fraction of sp³-hybridized carbons (Fsp3) is 0.588. The molecule has 1 aromatic carbocycles. The highest BCUT2D eigenvalue weighted by molar-refractivity contribution is 14.0. The van der Waals surface area contributed by atoms with Crippen molar-refractivity contribution in [3.05, 3.63) is 29.8 Å². The van der Waals surface area contributed by atoms with Crippen LogP contribution in [-0.4, -0.2) is 57.7 Å². The summed E-state index contributed by atoms with van der Waals surface area (Å²) in [5.41, 5.74) is 1.02. The Bertz CT molecular complexity index is 649. The molecule has 0 aliphatic carbocycles. The minimum absolute atomic E-state index is 0. The van der Waals surface area contributed by atoms with Crippen LogP contribution in [0, 0.1) is 0 Å². The average molecular weight is 498 g/mol. The highest BCUT2D eigenvalue weighted by Gasteiger charge is 2.18. The molecule has 0 aromatic heterocycles. The van der Waals surface area contributed by atoms with Gasteiger partial charge < -0.3 is 15.4 Å². The maximum Gasteiger partial charge on any atom is 0.215 e. The summed E-state index contributed by atoms with van der Waals surface area (Å²) in [7, 11) is -1.61. The molecule has 0 bridgehead atoms. The van der Waals surface area contributed by atoms with Crippen molar-refractivity contribution in [2.24, 2.45) is 4.99 Å². The van der Waals surface area contributed by atoms with E-state index >= 15 is 0 Å². The van der Waals surface area contributed by atoms with Crippen molar-refractivity contribution in [2.75, 3.05) is 39.0 Å². The normalized spacial score (nSPS) is 11.8. The van der Waals surface area contributed by atoms with Crippen molar-refractivity contribution in [3.63, 3.8) is 0 Å². The van der Waals surface area contributed by atoms with Crippen molar-refractivity contribution >= 4 is 40.0 Å². The Labute approximate surface area is 174 Å². The lowest BCUT2D eigenvalue weighted by Gasteiger charge is -2.19. The number of halogens is 1.